The second-order valence-corrected chi connectivity index (χ2v) is 11.3. The number of anilines is 3. The Morgan fingerprint density at radius 1 is 0.975 bits per heavy atom. The van der Waals surface area contributed by atoms with Gasteiger partial charge in [0.05, 0.1) is 17.9 Å². The SMILES string of the molecule is CN1CCN(c2cc(C3CC3)cn3cc(CNc4nccc(NC=O)n4)nc23)CC1.Clc1cccc(C2CC2)c1. The number of amides is 1. The molecule has 1 amide bonds. The van der Waals surface area contributed by atoms with Gasteiger partial charge in [0.1, 0.15) is 5.82 Å². The Kier molecular flexibility index (Phi) is 7.84. The van der Waals surface area contributed by atoms with E-state index in [0.29, 0.717) is 30.6 Å². The molecular formula is C30H35ClN8O. The van der Waals surface area contributed by atoms with Crippen LogP contribution in [0.25, 0.3) is 5.65 Å². The lowest BCUT2D eigenvalue weighted by Gasteiger charge is -2.34. The molecule has 1 aliphatic heterocycles. The first-order chi connectivity index (χ1) is 19.6. The number of halogens is 1. The van der Waals surface area contributed by atoms with E-state index in [2.05, 4.69) is 72.4 Å². The highest BCUT2D eigenvalue weighted by molar-refractivity contribution is 6.30. The average Bonchev–Trinajstić information content (AvgIpc) is 3.90. The zero-order valence-corrected chi connectivity index (χ0v) is 23.5. The van der Waals surface area contributed by atoms with E-state index in [-0.39, 0.29) is 0 Å². The van der Waals surface area contributed by atoms with Crippen LogP contribution in [0.1, 0.15) is 54.3 Å². The maximum absolute atomic E-state index is 10.6. The van der Waals surface area contributed by atoms with Crippen molar-refractivity contribution in [2.75, 3.05) is 48.8 Å². The Hall–Kier alpha value is -3.69. The van der Waals surface area contributed by atoms with Gasteiger partial charge in [-0.1, -0.05) is 23.7 Å². The molecule has 2 aliphatic carbocycles. The van der Waals surface area contributed by atoms with Gasteiger partial charge in [-0.15, -0.1) is 0 Å². The van der Waals surface area contributed by atoms with Gasteiger partial charge in [0, 0.05) is 49.8 Å². The largest absolute Gasteiger partial charge is 0.366 e. The molecule has 0 bridgehead atoms. The Morgan fingerprint density at radius 3 is 2.48 bits per heavy atom. The van der Waals surface area contributed by atoms with Gasteiger partial charge in [-0.3, -0.25) is 4.79 Å². The number of imidazole rings is 1. The van der Waals surface area contributed by atoms with Crippen molar-refractivity contribution in [3.05, 3.63) is 76.8 Å². The number of nitrogens with zero attached hydrogens (tertiary/aromatic N) is 6. The molecule has 4 aromatic rings. The number of hydrogen-bond acceptors (Lipinski definition) is 7. The van der Waals surface area contributed by atoms with Gasteiger partial charge in [-0.25, -0.2) is 9.97 Å². The lowest BCUT2D eigenvalue weighted by Crippen LogP contribution is -2.44. The van der Waals surface area contributed by atoms with Crippen LogP contribution in [0.4, 0.5) is 17.5 Å². The van der Waals surface area contributed by atoms with Crippen molar-refractivity contribution >= 4 is 41.1 Å². The van der Waals surface area contributed by atoms with Crippen LogP contribution in [-0.2, 0) is 11.3 Å². The Morgan fingerprint density at radius 2 is 1.75 bits per heavy atom. The summed E-state index contributed by atoms with van der Waals surface area (Å²) in [7, 11) is 2.18. The smallest absolute Gasteiger partial charge is 0.224 e. The molecule has 1 aromatic carbocycles. The highest BCUT2D eigenvalue weighted by Crippen LogP contribution is 2.42. The van der Waals surface area contributed by atoms with Crippen LogP contribution in [0.15, 0.2) is 55.0 Å². The van der Waals surface area contributed by atoms with E-state index >= 15 is 0 Å². The van der Waals surface area contributed by atoms with Crippen molar-refractivity contribution in [1.29, 1.82) is 0 Å². The third-order valence-electron chi connectivity index (χ3n) is 7.68. The number of piperazine rings is 1. The third-order valence-corrected chi connectivity index (χ3v) is 7.92. The molecule has 1 saturated heterocycles. The predicted octanol–water partition coefficient (Wildman–Crippen LogP) is 5.15. The lowest BCUT2D eigenvalue weighted by molar-refractivity contribution is -0.105. The van der Waals surface area contributed by atoms with Crippen molar-refractivity contribution < 1.29 is 4.79 Å². The third kappa shape index (κ3) is 6.54. The van der Waals surface area contributed by atoms with Crippen LogP contribution in [-0.4, -0.2) is 63.9 Å². The van der Waals surface area contributed by atoms with Gasteiger partial charge in [0.25, 0.3) is 0 Å². The highest BCUT2D eigenvalue weighted by Gasteiger charge is 2.27. The van der Waals surface area contributed by atoms with Crippen molar-refractivity contribution in [1.82, 2.24) is 24.3 Å². The number of rotatable bonds is 8. The van der Waals surface area contributed by atoms with Gasteiger partial charge < -0.3 is 24.8 Å². The highest BCUT2D eigenvalue weighted by atomic mass is 35.5. The van der Waals surface area contributed by atoms with Gasteiger partial charge in [0.2, 0.25) is 12.4 Å². The average molecular weight is 559 g/mol. The number of aromatic nitrogens is 4. The molecule has 7 rings (SSSR count). The molecule has 208 valence electrons. The minimum absolute atomic E-state index is 0.455. The predicted molar refractivity (Wildman–Crippen MR) is 159 cm³/mol. The number of likely N-dealkylation sites (N-methyl/N-ethyl adjacent to an activating group) is 1. The summed E-state index contributed by atoms with van der Waals surface area (Å²) in [6.45, 7) is 4.68. The quantitative estimate of drug-likeness (QED) is 0.289. The molecule has 2 saturated carbocycles. The molecule has 0 radical (unpaired) electrons. The van der Waals surface area contributed by atoms with Crippen LogP contribution in [0.3, 0.4) is 0 Å². The zero-order chi connectivity index (χ0) is 27.5. The molecule has 4 heterocycles. The number of carbonyl (C=O) groups excluding carboxylic acids is 1. The van der Waals surface area contributed by atoms with E-state index in [1.165, 1.54) is 42.5 Å². The van der Waals surface area contributed by atoms with E-state index in [9.17, 15) is 4.79 Å². The van der Waals surface area contributed by atoms with Crippen molar-refractivity contribution in [2.24, 2.45) is 0 Å². The summed E-state index contributed by atoms with van der Waals surface area (Å²) in [5.41, 5.74) is 5.97. The standard InChI is InChI=1S/C21H26N8O.C9H9Cl/c1-27-6-8-28(9-7-27)18-10-16(15-2-3-15)12-29-13-17(25-20(18)29)11-23-21-22-5-4-19(26-21)24-14-30;10-9-3-1-2-8(6-9)7-4-5-7/h4-5,10,12-15H,2-3,6-9,11H2,1H3,(H2,22,23,24,26,30);1-3,6-7H,4-5H2. The zero-order valence-electron chi connectivity index (χ0n) is 22.8. The van der Waals surface area contributed by atoms with E-state index < -0.39 is 0 Å². The van der Waals surface area contributed by atoms with Crippen LogP contribution in [0, 0.1) is 0 Å². The molecule has 2 N–H and O–H groups in total. The lowest BCUT2D eigenvalue weighted by atomic mass is 10.1. The molecule has 0 atom stereocenters. The van der Waals surface area contributed by atoms with Crippen molar-refractivity contribution in [3.63, 3.8) is 0 Å². The number of carbonyl (C=O) groups is 1. The summed E-state index contributed by atoms with van der Waals surface area (Å²) in [4.78, 5) is 28.8. The molecule has 9 nitrogen and oxygen atoms in total. The molecule has 3 fully saturated rings. The molecule has 3 aromatic heterocycles. The summed E-state index contributed by atoms with van der Waals surface area (Å²) >= 11 is 5.82. The van der Waals surface area contributed by atoms with Gasteiger partial charge >= 0.3 is 0 Å². The summed E-state index contributed by atoms with van der Waals surface area (Å²) < 4.78 is 2.17. The van der Waals surface area contributed by atoms with Crippen LogP contribution >= 0.6 is 11.6 Å². The normalized spacial score (nSPS) is 17.3. The Balaban J connectivity index is 0.000000242. The van der Waals surface area contributed by atoms with E-state index in [1.807, 2.05) is 12.1 Å². The Bertz CT molecular complexity index is 1470. The fourth-order valence-corrected chi connectivity index (χ4v) is 5.29. The number of benzene rings is 1. The van der Waals surface area contributed by atoms with E-state index in [4.69, 9.17) is 16.6 Å². The van der Waals surface area contributed by atoms with Crippen molar-refractivity contribution in [3.8, 4) is 0 Å². The van der Waals surface area contributed by atoms with E-state index in [0.717, 1.165) is 48.5 Å². The number of pyridine rings is 1. The molecular weight excluding hydrogens is 524 g/mol. The fourth-order valence-electron chi connectivity index (χ4n) is 5.09. The molecule has 10 heteroatoms. The molecule has 0 spiro atoms. The Labute approximate surface area is 239 Å². The molecule has 0 unspecified atom stereocenters. The maximum atomic E-state index is 10.6. The fraction of sp³-hybridized carbons (Fsp3) is 0.400. The maximum Gasteiger partial charge on any atom is 0.224 e. The van der Waals surface area contributed by atoms with Gasteiger partial charge in [-0.05, 0) is 80.0 Å². The minimum Gasteiger partial charge on any atom is -0.366 e. The number of nitrogens with one attached hydrogen (secondary N) is 2. The van der Waals surface area contributed by atoms with Gasteiger partial charge in [-0.2, -0.15) is 4.98 Å². The number of fused-ring (bicyclic) bond motifs is 1. The second kappa shape index (κ2) is 11.8. The molecule has 3 aliphatic rings. The van der Waals surface area contributed by atoms with E-state index in [1.54, 1.807) is 12.3 Å². The van der Waals surface area contributed by atoms with Crippen LogP contribution < -0.4 is 15.5 Å². The summed E-state index contributed by atoms with van der Waals surface area (Å²) in [5, 5.41) is 6.60. The van der Waals surface area contributed by atoms with Crippen LogP contribution in [0.5, 0.6) is 0 Å². The second-order valence-electron chi connectivity index (χ2n) is 10.9. The first-order valence-electron chi connectivity index (χ1n) is 14.0. The van der Waals surface area contributed by atoms with Crippen LogP contribution in [0.2, 0.25) is 5.02 Å². The molecule has 40 heavy (non-hydrogen) atoms. The van der Waals surface area contributed by atoms with Crippen molar-refractivity contribution in [2.45, 2.75) is 44.1 Å². The first-order valence-corrected chi connectivity index (χ1v) is 14.4. The minimum atomic E-state index is 0.455. The number of hydrogen-bond donors (Lipinski definition) is 2. The first kappa shape index (κ1) is 26.5. The topological polar surface area (TPSA) is 90.7 Å². The van der Waals surface area contributed by atoms with Gasteiger partial charge in [0.15, 0.2) is 5.65 Å². The summed E-state index contributed by atoms with van der Waals surface area (Å²) in [5.74, 6) is 2.42. The summed E-state index contributed by atoms with van der Waals surface area (Å²) in [6, 6.07) is 12.2. The monoisotopic (exact) mass is 558 g/mol. The summed E-state index contributed by atoms with van der Waals surface area (Å²) in [6.07, 6.45) is 11.8.